The summed E-state index contributed by atoms with van der Waals surface area (Å²) in [7, 11) is 0. The van der Waals surface area contributed by atoms with Crippen molar-refractivity contribution in [3.63, 3.8) is 0 Å². The molecule has 1 fully saturated rings. The topological polar surface area (TPSA) is 37.3 Å². The Morgan fingerprint density at radius 3 is 2.00 bits per heavy atom. The predicted molar refractivity (Wildman–Crippen MR) is 55.2 cm³/mol. The second kappa shape index (κ2) is 5.48. The summed E-state index contributed by atoms with van der Waals surface area (Å²) in [5.41, 5.74) is 0. The Morgan fingerprint density at radius 1 is 1.23 bits per heavy atom. The third-order valence-electron chi connectivity index (χ3n) is 3.06. The largest absolute Gasteiger partial charge is 0.481 e. The maximum Gasteiger partial charge on any atom is 0.306 e. The Labute approximate surface area is 86.1 Å². The molecule has 13 heavy (non-hydrogen) atoms. The SMILES string of the molecule is CC(C)[C@H]1CC[C@H](C(=O)O)CC1.Cl. The van der Waals surface area contributed by atoms with Crippen LogP contribution in [0, 0.1) is 17.8 Å². The van der Waals surface area contributed by atoms with E-state index in [0.717, 1.165) is 37.5 Å². The van der Waals surface area contributed by atoms with Gasteiger partial charge in [0.05, 0.1) is 5.92 Å². The highest BCUT2D eigenvalue weighted by atomic mass is 35.5. The van der Waals surface area contributed by atoms with Gasteiger partial charge in [0.2, 0.25) is 0 Å². The van der Waals surface area contributed by atoms with Gasteiger partial charge >= 0.3 is 5.97 Å². The molecule has 1 aliphatic carbocycles. The molecule has 0 aromatic heterocycles. The van der Waals surface area contributed by atoms with Crippen molar-refractivity contribution in [3.8, 4) is 0 Å². The summed E-state index contributed by atoms with van der Waals surface area (Å²) < 4.78 is 0. The Bertz CT molecular complexity index is 160. The van der Waals surface area contributed by atoms with Gasteiger partial charge in [-0.3, -0.25) is 4.79 Å². The molecular formula is C10H19ClO2. The lowest BCUT2D eigenvalue weighted by Crippen LogP contribution is -2.23. The van der Waals surface area contributed by atoms with Crippen molar-refractivity contribution in [2.75, 3.05) is 0 Å². The number of aliphatic carboxylic acids is 1. The minimum atomic E-state index is -0.600. The van der Waals surface area contributed by atoms with E-state index < -0.39 is 5.97 Å². The molecule has 0 saturated heterocycles. The van der Waals surface area contributed by atoms with Crippen LogP contribution in [0.5, 0.6) is 0 Å². The van der Waals surface area contributed by atoms with Crippen LogP contribution < -0.4 is 0 Å². The Balaban J connectivity index is 0.00000144. The van der Waals surface area contributed by atoms with Crippen molar-refractivity contribution in [2.24, 2.45) is 17.8 Å². The van der Waals surface area contributed by atoms with Gasteiger partial charge in [-0.15, -0.1) is 12.4 Å². The molecule has 0 heterocycles. The maximum atomic E-state index is 10.6. The van der Waals surface area contributed by atoms with Crippen LogP contribution >= 0.6 is 12.4 Å². The Morgan fingerprint density at radius 2 is 1.69 bits per heavy atom. The standard InChI is InChI=1S/C10H18O2.ClH/c1-7(2)8-3-5-9(6-4-8)10(11)12;/h7-9H,3-6H2,1-2H3,(H,11,12);1H/t8-,9-;. The summed E-state index contributed by atoms with van der Waals surface area (Å²) in [6.07, 6.45) is 3.99. The number of hydrogen-bond donors (Lipinski definition) is 1. The third kappa shape index (κ3) is 3.55. The molecule has 2 nitrogen and oxygen atoms in total. The molecule has 0 amide bonds. The molecule has 1 rings (SSSR count). The van der Waals surface area contributed by atoms with Gasteiger partial charge in [-0.25, -0.2) is 0 Å². The number of carboxylic acids is 1. The molecule has 1 aliphatic rings. The zero-order valence-electron chi connectivity index (χ0n) is 8.32. The highest BCUT2D eigenvalue weighted by molar-refractivity contribution is 5.85. The van der Waals surface area contributed by atoms with Crippen molar-refractivity contribution < 1.29 is 9.90 Å². The van der Waals surface area contributed by atoms with Gasteiger partial charge < -0.3 is 5.11 Å². The summed E-state index contributed by atoms with van der Waals surface area (Å²) in [5.74, 6) is 0.831. The van der Waals surface area contributed by atoms with Crippen LogP contribution in [0.3, 0.4) is 0 Å². The summed E-state index contributed by atoms with van der Waals surface area (Å²) in [5, 5.41) is 8.76. The Hall–Kier alpha value is -0.240. The van der Waals surface area contributed by atoms with Gasteiger partial charge in [0.25, 0.3) is 0 Å². The molecule has 1 saturated carbocycles. The number of carboxylic acid groups (broad SMARTS) is 1. The van der Waals surface area contributed by atoms with Gasteiger partial charge in [-0.2, -0.15) is 0 Å². The highest BCUT2D eigenvalue weighted by Crippen LogP contribution is 2.33. The van der Waals surface area contributed by atoms with E-state index in [1.54, 1.807) is 0 Å². The Kier molecular flexibility index (Phi) is 5.38. The van der Waals surface area contributed by atoms with Crippen LogP contribution in [0.15, 0.2) is 0 Å². The van der Waals surface area contributed by atoms with E-state index in [2.05, 4.69) is 13.8 Å². The van der Waals surface area contributed by atoms with Gasteiger partial charge in [0, 0.05) is 0 Å². The van der Waals surface area contributed by atoms with E-state index >= 15 is 0 Å². The average Bonchev–Trinajstić information content (AvgIpc) is 2.04. The van der Waals surface area contributed by atoms with Crippen LogP contribution in [0.1, 0.15) is 39.5 Å². The zero-order chi connectivity index (χ0) is 9.14. The minimum Gasteiger partial charge on any atom is -0.481 e. The number of carbonyl (C=O) groups is 1. The molecule has 3 heteroatoms. The van der Waals surface area contributed by atoms with Crippen LogP contribution in [-0.2, 0) is 4.79 Å². The second-order valence-corrected chi connectivity index (χ2v) is 4.19. The van der Waals surface area contributed by atoms with Crippen molar-refractivity contribution in [1.82, 2.24) is 0 Å². The molecule has 1 N–H and O–H groups in total. The number of hydrogen-bond acceptors (Lipinski definition) is 1. The third-order valence-corrected chi connectivity index (χ3v) is 3.06. The summed E-state index contributed by atoms with van der Waals surface area (Å²) >= 11 is 0. The zero-order valence-corrected chi connectivity index (χ0v) is 9.14. The fourth-order valence-electron chi connectivity index (χ4n) is 2.03. The van der Waals surface area contributed by atoms with Gasteiger partial charge in [0.15, 0.2) is 0 Å². The average molecular weight is 207 g/mol. The lowest BCUT2D eigenvalue weighted by atomic mass is 9.77. The van der Waals surface area contributed by atoms with Crippen LogP contribution in [0.2, 0.25) is 0 Å². The number of halogens is 1. The van der Waals surface area contributed by atoms with Crippen LogP contribution in [0.4, 0.5) is 0 Å². The fraction of sp³-hybridized carbons (Fsp3) is 0.900. The minimum absolute atomic E-state index is 0. The summed E-state index contributed by atoms with van der Waals surface area (Å²) in [6.45, 7) is 4.46. The molecule has 0 aromatic carbocycles. The molecule has 0 aromatic rings. The van der Waals surface area contributed by atoms with Crippen molar-refractivity contribution >= 4 is 18.4 Å². The summed E-state index contributed by atoms with van der Waals surface area (Å²) in [6, 6.07) is 0. The van der Waals surface area contributed by atoms with Crippen molar-refractivity contribution in [2.45, 2.75) is 39.5 Å². The number of rotatable bonds is 2. The first kappa shape index (κ1) is 12.8. The summed E-state index contributed by atoms with van der Waals surface area (Å²) in [4.78, 5) is 10.6. The molecule has 0 bridgehead atoms. The van der Waals surface area contributed by atoms with Gasteiger partial charge in [-0.1, -0.05) is 13.8 Å². The predicted octanol–water partition coefficient (Wildman–Crippen LogP) is 2.96. The molecular weight excluding hydrogens is 188 g/mol. The quantitative estimate of drug-likeness (QED) is 0.755. The first-order valence-corrected chi connectivity index (χ1v) is 4.84. The lowest BCUT2D eigenvalue weighted by molar-refractivity contribution is -0.143. The van der Waals surface area contributed by atoms with Crippen LogP contribution in [0.25, 0.3) is 0 Å². The molecule has 0 aliphatic heterocycles. The first-order valence-electron chi connectivity index (χ1n) is 4.84. The van der Waals surface area contributed by atoms with E-state index in [1.807, 2.05) is 0 Å². The van der Waals surface area contributed by atoms with E-state index in [0.29, 0.717) is 0 Å². The van der Waals surface area contributed by atoms with Gasteiger partial charge in [0.1, 0.15) is 0 Å². The molecule has 0 radical (unpaired) electrons. The van der Waals surface area contributed by atoms with E-state index in [9.17, 15) is 4.79 Å². The maximum absolute atomic E-state index is 10.6. The van der Waals surface area contributed by atoms with Crippen molar-refractivity contribution in [1.29, 1.82) is 0 Å². The smallest absolute Gasteiger partial charge is 0.306 e. The van der Waals surface area contributed by atoms with E-state index in [4.69, 9.17) is 5.11 Å². The normalized spacial score (nSPS) is 28.2. The van der Waals surface area contributed by atoms with E-state index in [1.165, 1.54) is 0 Å². The lowest BCUT2D eigenvalue weighted by Gasteiger charge is -2.28. The highest BCUT2D eigenvalue weighted by Gasteiger charge is 2.26. The molecule has 0 unspecified atom stereocenters. The monoisotopic (exact) mass is 206 g/mol. The van der Waals surface area contributed by atoms with Crippen LogP contribution in [-0.4, -0.2) is 11.1 Å². The van der Waals surface area contributed by atoms with E-state index in [-0.39, 0.29) is 18.3 Å². The fourth-order valence-corrected chi connectivity index (χ4v) is 2.03. The molecule has 0 atom stereocenters. The second-order valence-electron chi connectivity index (χ2n) is 4.19. The molecule has 78 valence electrons. The van der Waals surface area contributed by atoms with Crippen molar-refractivity contribution in [3.05, 3.63) is 0 Å². The van der Waals surface area contributed by atoms with Gasteiger partial charge in [-0.05, 0) is 37.5 Å². The molecule has 0 spiro atoms. The first-order chi connectivity index (χ1) is 5.61.